The second kappa shape index (κ2) is 5.07. The van der Waals surface area contributed by atoms with Crippen LogP contribution in [0.1, 0.15) is 16.9 Å². The zero-order valence-electron chi connectivity index (χ0n) is 9.24. The van der Waals surface area contributed by atoms with Gasteiger partial charge >= 0.3 is 0 Å². The molecule has 0 fully saturated rings. The van der Waals surface area contributed by atoms with Gasteiger partial charge in [0.05, 0.1) is 17.9 Å². The van der Waals surface area contributed by atoms with Crippen molar-refractivity contribution in [3.05, 3.63) is 53.2 Å². The van der Waals surface area contributed by atoms with E-state index >= 15 is 0 Å². The van der Waals surface area contributed by atoms with Crippen molar-refractivity contribution in [2.24, 2.45) is 0 Å². The fourth-order valence-electron chi connectivity index (χ4n) is 1.41. The van der Waals surface area contributed by atoms with Crippen LogP contribution in [0.4, 0.5) is 4.39 Å². The fraction of sp³-hybridized carbons (Fsp3) is 0.154. The van der Waals surface area contributed by atoms with E-state index in [4.69, 9.17) is 9.68 Å². The maximum Gasteiger partial charge on any atom is 0.128 e. The van der Waals surface area contributed by atoms with E-state index in [2.05, 4.69) is 0 Å². The van der Waals surface area contributed by atoms with Gasteiger partial charge in [0, 0.05) is 10.6 Å². The van der Waals surface area contributed by atoms with E-state index in [0.717, 1.165) is 10.7 Å². The van der Waals surface area contributed by atoms with Crippen LogP contribution < -0.4 is 0 Å². The number of hydrogen-bond donors (Lipinski definition) is 0. The summed E-state index contributed by atoms with van der Waals surface area (Å²) in [7, 11) is 0. The van der Waals surface area contributed by atoms with Gasteiger partial charge in [0.25, 0.3) is 0 Å². The van der Waals surface area contributed by atoms with E-state index in [-0.39, 0.29) is 5.82 Å². The van der Waals surface area contributed by atoms with E-state index in [9.17, 15) is 4.39 Å². The minimum absolute atomic E-state index is 0.335. The molecule has 0 saturated carbocycles. The molecule has 0 bridgehead atoms. The van der Waals surface area contributed by atoms with Crippen LogP contribution in [0.2, 0.25) is 0 Å². The van der Waals surface area contributed by atoms with Crippen LogP contribution in [0.15, 0.2) is 39.8 Å². The summed E-state index contributed by atoms with van der Waals surface area (Å²) < 4.78 is 18.7. The number of thioether (sulfide) groups is 1. The van der Waals surface area contributed by atoms with Gasteiger partial charge in [0.2, 0.25) is 0 Å². The average Bonchev–Trinajstić information content (AvgIpc) is 2.73. The summed E-state index contributed by atoms with van der Waals surface area (Å²) in [5.74, 6) is 1.03. The zero-order chi connectivity index (χ0) is 12.3. The van der Waals surface area contributed by atoms with Gasteiger partial charge in [-0.15, -0.1) is 11.8 Å². The smallest absolute Gasteiger partial charge is 0.128 e. The Morgan fingerprint density at radius 2 is 2.24 bits per heavy atom. The van der Waals surface area contributed by atoms with Gasteiger partial charge in [-0.3, -0.25) is 0 Å². The van der Waals surface area contributed by atoms with Gasteiger partial charge in [-0.05, 0) is 30.7 Å². The normalized spacial score (nSPS) is 10.2. The van der Waals surface area contributed by atoms with Crippen molar-refractivity contribution < 1.29 is 8.81 Å². The van der Waals surface area contributed by atoms with E-state index in [1.807, 2.05) is 19.1 Å². The van der Waals surface area contributed by atoms with Crippen LogP contribution in [0, 0.1) is 24.1 Å². The number of furan rings is 1. The van der Waals surface area contributed by atoms with Crippen LogP contribution in [0.3, 0.4) is 0 Å². The van der Waals surface area contributed by atoms with Gasteiger partial charge in [-0.25, -0.2) is 4.39 Å². The Labute approximate surface area is 103 Å². The Morgan fingerprint density at radius 3 is 2.82 bits per heavy atom. The summed E-state index contributed by atoms with van der Waals surface area (Å²) in [6, 6.07) is 8.31. The summed E-state index contributed by atoms with van der Waals surface area (Å²) in [5, 5.41) is 8.64. The second-order valence-corrected chi connectivity index (χ2v) is 4.56. The number of nitriles is 1. The summed E-state index contributed by atoms with van der Waals surface area (Å²) in [5.41, 5.74) is 0.936. The molecule has 0 radical (unpaired) electrons. The SMILES string of the molecule is Cc1occc1SCc1ccc(C#N)cc1F. The Morgan fingerprint density at radius 1 is 1.41 bits per heavy atom. The topological polar surface area (TPSA) is 36.9 Å². The van der Waals surface area contributed by atoms with Crippen LogP contribution >= 0.6 is 11.8 Å². The van der Waals surface area contributed by atoms with Gasteiger partial charge < -0.3 is 4.42 Å². The van der Waals surface area contributed by atoms with Crippen LogP contribution in [-0.2, 0) is 5.75 Å². The van der Waals surface area contributed by atoms with Crippen molar-refractivity contribution in [2.45, 2.75) is 17.6 Å². The first-order chi connectivity index (χ1) is 8.20. The van der Waals surface area contributed by atoms with Gasteiger partial charge in [-0.2, -0.15) is 5.26 Å². The summed E-state index contributed by atoms with van der Waals surface area (Å²) >= 11 is 1.52. The lowest BCUT2D eigenvalue weighted by molar-refractivity contribution is 0.527. The third-order valence-electron chi connectivity index (χ3n) is 2.38. The van der Waals surface area contributed by atoms with E-state index in [0.29, 0.717) is 16.9 Å². The molecule has 86 valence electrons. The molecule has 0 aliphatic carbocycles. The Hall–Kier alpha value is -1.73. The zero-order valence-corrected chi connectivity index (χ0v) is 10.1. The predicted molar refractivity (Wildman–Crippen MR) is 64.1 cm³/mol. The molecule has 2 rings (SSSR count). The van der Waals surface area contributed by atoms with Crippen LogP contribution in [0.25, 0.3) is 0 Å². The van der Waals surface area contributed by atoms with Crippen LogP contribution in [-0.4, -0.2) is 0 Å². The minimum atomic E-state index is -0.335. The Bertz CT molecular complexity index is 571. The summed E-state index contributed by atoms with van der Waals surface area (Å²) in [6.07, 6.45) is 1.62. The van der Waals surface area contributed by atoms with E-state index in [1.54, 1.807) is 18.4 Å². The molecule has 0 atom stereocenters. The lowest BCUT2D eigenvalue weighted by Gasteiger charge is -2.02. The molecule has 1 aromatic carbocycles. The van der Waals surface area contributed by atoms with Gasteiger partial charge in [0.15, 0.2) is 0 Å². The van der Waals surface area contributed by atoms with Crippen molar-refractivity contribution in [3.63, 3.8) is 0 Å². The molecule has 1 aromatic heterocycles. The standard InChI is InChI=1S/C13H10FNOS/c1-9-13(4-5-16-9)17-8-11-3-2-10(7-15)6-12(11)14/h2-6H,8H2,1H3. The molecule has 0 spiro atoms. The molecular weight excluding hydrogens is 237 g/mol. The first-order valence-corrected chi connectivity index (χ1v) is 6.04. The van der Waals surface area contributed by atoms with Crippen molar-refractivity contribution >= 4 is 11.8 Å². The quantitative estimate of drug-likeness (QED) is 0.772. The average molecular weight is 247 g/mol. The maximum absolute atomic E-state index is 13.6. The molecule has 1 heterocycles. The number of aryl methyl sites for hydroxylation is 1. The molecule has 0 aliphatic heterocycles. The van der Waals surface area contributed by atoms with Gasteiger partial charge in [-0.1, -0.05) is 6.07 Å². The lowest BCUT2D eigenvalue weighted by atomic mass is 10.1. The molecule has 2 aromatic rings. The number of hydrogen-bond acceptors (Lipinski definition) is 3. The maximum atomic E-state index is 13.6. The van der Waals surface area contributed by atoms with Crippen LogP contribution in [0.5, 0.6) is 0 Å². The molecule has 0 unspecified atom stereocenters. The van der Waals surface area contributed by atoms with Crippen molar-refractivity contribution in [1.29, 1.82) is 5.26 Å². The summed E-state index contributed by atoms with van der Waals surface area (Å²) in [6.45, 7) is 1.87. The first-order valence-electron chi connectivity index (χ1n) is 5.06. The summed E-state index contributed by atoms with van der Waals surface area (Å²) in [4.78, 5) is 1.01. The minimum Gasteiger partial charge on any atom is -0.468 e. The number of benzene rings is 1. The lowest BCUT2D eigenvalue weighted by Crippen LogP contribution is -1.89. The molecular formula is C13H10FNOS. The largest absolute Gasteiger partial charge is 0.468 e. The molecule has 4 heteroatoms. The molecule has 2 nitrogen and oxygen atoms in total. The molecule has 0 saturated heterocycles. The first kappa shape index (κ1) is 11.7. The second-order valence-electron chi connectivity index (χ2n) is 3.55. The van der Waals surface area contributed by atoms with Crippen molar-refractivity contribution in [2.75, 3.05) is 0 Å². The van der Waals surface area contributed by atoms with E-state index < -0.39 is 0 Å². The number of rotatable bonds is 3. The molecule has 0 amide bonds. The highest BCUT2D eigenvalue weighted by atomic mass is 32.2. The highest BCUT2D eigenvalue weighted by Gasteiger charge is 2.06. The highest BCUT2D eigenvalue weighted by molar-refractivity contribution is 7.98. The number of nitrogens with zero attached hydrogens (tertiary/aromatic N) is 1. The Kier molecular flexibility index (Phi) is 3.50. The third-order valence-corrected chi connectivity index (χ3v) is 3.57. The third kappa shape index (κ3) is 2.69. The Balaban J connectivity index is 2.10. The number of halogens is 1. The van der Waals surface area contributed by atoms with Crippen molar-refractivity contribution in [3.8, 4) is 6.07 Å². The molecule has 0 aliphatic rings. The predicted octanol–water partition coefficient (Wildman–Crippen LogP) is 3.89. The molecule has 0 N–H and O–H groups in total. The van der Waals surface area contributed by atoms with Gasteiger partial charge in [0.1, 0.15) is 11.6 Å². The fourth-order valence-corrected chi connectivity index (χ4v) is 2.36. The monoisotopic (exact) mass is 247 g/mol. The highest BCUT2D eigenvalue weighted by Crippen LogP contribution is 2.27. The van der Waals surface area contributed by atoms with E-state index in [1.165, 1.54) is 17.8 Å². The van der Waals surface area contributed by atoms with Crippen molar-refractivity contribution in [1.82, 2.24) is 0 Å². The molecule has 17 heavy (non-hydrogen) atoms.